The summed E-state index contributed by atoms with van der Waals surface area (Å²) >= 11 is 0. The number of nitrogens with zero attached hydrogens (tertiary/aromatic N) is 2. The van der Waals surface area contributed by atoms with Gasteiger partial charge in [0, 0.05) is 13.1 Å². The van der Waals surface area contributed by atoms with E-state index in [9.17, 15) is 9.59 Å². The lowest BCUT2D eigenvalue weighted by atomic mass is 10.1. The maximum atomic E-state index is 12.2. The van der Waals surface area contributed by atoms with Crippen molar-refractivity contribution >= 4 is 17.8 Å². The van der Waals surface area contributed by atoms with E-state index >= 15 is 0 Å². The Kier molecular flexibility index (Phi) is 3.72. The molecule has 0 bridgehead atoms. The minimum absolute atomic E-state index is 0.0169. The Hall–Kier alpha value is -2.57. The molecule has 1 aliphatic heterocycles. The van der Waals surface area contributed by atoms with Crippen molar-refractivity contribution < 1.29 is 18.4 Å². The fourth-order valence-corrected chi connectivity index (χ4v) is 2.25. The molecule has 2 amide bonds. The quantitative estimate of drug-likeness (QED) is 0.935. The van der Waals surface area contributed by atoms with E-state index in [1.54, 1.807) is 11.0 Å². The molecular weight excluding hydrogens is 274 g/mol. The molecule has 0 radical (unpaired) electrons. The zero-order valence-corrected chi connectivity index (χ0v) is 11.4. The molecule has 2 aromatic heterocycles. The molecule has 2 aromatic rings. The monoisotopic (exact) mass is 289 g/mol. The Labute approximate surface area is 120 Å². The topological polar surface area (TPSA) is 88.6 Å². The van der Waals surface area contributed by atoms with E-state index in [4.69, 9.17) is 8.83 Å². The fourth-order valence-electron chi connectivity index (χ4n) is 2.25. The molecule has 7 nitrogen and oxygen atoms in total. The van der Waals surface area contributed by atoms with Crippen molar-refractivity contribution in [3.63, 3.8) is 0 Å². The molecule has 7 heteroatoms. The van der Waals surface area contributed by atoms with Crippen LogP contribution in [0.25, 0.3) is 0 Å². The molecule has 21 heavy (non-hydrogen) atoms. The summed E-state index contributed by atoms with van der Waals surface area (Å²) < 4.78 is 10.1. The maximum Gasteiger partial charge on any atom is 0.302 e. The minimum atomic E-state index is -0.473. The fraction of sp³-hybridized carbons (Fsp3) is 0.357. The zero-order valence-electron chi connectivity index (χ0n) is 11.4. The number of hydrogen-bond donors (Lipinski definition) is 1. The highest BCUT2D eigenvalue weighted by Crippen LogP contribution is 2.15. The Morgan fingerprint density at radius 3 is 2.71 bits per heavy atom. The van der Waals surface area contributed by atoms with E-state index in [0.717, 1.165) is 32.4 Å². The van der Waals surface area contributed by atoms with Gasteiger partial charge in [-0.1, -0.05) is 0 Å². The standard InChI is InChI=1S/C14H15N3O4/c18-12(11-5-4-8-20-11)16-14-15-10(9-21-14)13(19)17-6-2-1-3-7-17/h4-5,8-9H,1-3,6-7H2,(H,15,16,18). The van der Waals surface area contributed by atoms with Gasteiger partial charge < -0.3 is 13.7 Å². The van der Waals surface area contributed by atoms with E-state index in [1.165, 1.54) is 18.6 Å². The SMILES string of the molecule is O=C(Nc1nc(C(=O)N2CCCCC2)co1)c1ccco1. The first kappa shape index (κ1) is 13.4. The third-order valence-electron chi connectivity index (χ3n) is 3.33. The van der Waals surface area contributed by atoms with Crippen LogP contribution in [0, 0.1) is 0 Å². The lowest BCUT2D eigenvalue weighted by molar-refractivity contribution is 0.0718. The largest absolute Gasteiger partial charge is 0.459 e. The molecule has 3 heterocycles. The van der Waals surface area contributed by atoms with Crippen LogP contribution in [-0.2, 0) is 0 Å². The molecule has 0 unspecified atom stereocenters. The Bertz CT molecular complexity index is 626. The first-order chi connectivity index (χ1) is 10.2. The summed E-state index contributed by atoms with van der Waals surface area (Å²) in [5, 5.41) is 2.44. The molecule has 1 N–H and O–H groups in total. The van der Waals surface area contributed by atoms with Crippen molar-refractivity contribution in [1.29, 1.82) is 0 Å². The Balaban J connectivity index is 1.65. The maximum absolute atomic E-state index is 12.2. The van der Waals surface area contributed by atoms with Crippen LogP contribution in [0.5, 0.6) is 0 Å². The summed E-state index contributed by atoms with van der Waals surface area (Å²) in [7, 11) is 0. The number of rotatable bonds is 3. The Morgan fingerprint density at radius 2 is 2.00 bits per heavy atom. The molecule has 0 aromatic carbocycles. The molecule has 0 aliphatic carbocycles. The van der Waals surface area contributed by atoms with E-state index in [1.807, 2.05) is 0 Å². The van der Waals surface area contributed by atoms with Gasteiger partial charge in [0.1, 0.15) is 6.26 Å². The number of likely N-dealkylation sites (tertiary alicyclic amines) is 1. The summed E-state index contributed by atoms with van der Waals surface area (Å²) in [6.07, 6.45) is 5.81. The second kappa shape index (κ2) is 5.82. The molecule has 0 spiro atoms. The summed E-state index contributed by atoms with van der Waals surface area (Å²) in [5.41, 5.74) is 0.201. The van der Waals surface area contributed by atoms with Crippen molar-refractivity contribution in [3.05, 3.63) is 36.1 Å². The van der Waals surface area contributed by atoms with Crippen LogP contribution in [0.1, 0.15) is 40.3 Å². The smallest absolute Gasteiger partial charge is 0.302 e. The molecular formula is C14H15N3O4. The van der Waals surface area contributed by atoms with Crippen molar-refractivity contribution in [2.45, 2.75) is 19.3 Å². The average Bonchev–Trinajstić information content (AvgIpc) is 3.19. The molecule has 1 saturated heterocycles. The van der Waals surface area contributed by atoms with Crippen LogP contribution < -0.4 is 5.32 Å². The normalized spacial score (nSPS) is 15.0. The summed E-state index contributed by atoms with van der Waals surface area (Å²) in [4.78, 5) is 29.7. The molecule has 3 rings (SSSR count). The number of carbonyl (C=O) groups is 2. The molecule has 1 fully saturated rings. The van der Waals surface area contributed by atoms with E-state index in [2.05, 4.69) is 10.3 Å². The third-order valence-corrected chi connectivity index (χ3v) is 3.33. The zero-order chi connectivity index (χ0) is 14.7. The van der Waals surface area contributed by atoms with Crippen LogP contribution in [0.3, 0.4) is 0 Å². The van der Waals surface area contributed by atoms with Crippen LogP contribution in [-0.4, -0.2) is 34.8 Å². The van der Waals surface area contributed by atoms with Gasteiger partial charge in [-0.15, -0.1) is 0 Å². The predicted molar refractivity (Wildman–Crippen MR) is 72.9 cm³/mol. The van der Waals surface area contributed by atoms with E-state index in [0.29, 0.717) is 0 Å². The predicted octanol–water partition coefficient (Wildman–Crippen LogP) is 2.15. The third kappa shape index (κ3) is 2.96. The number of carbonyl (C=O) groups excluding carboxylic acids is 2. The number of oxazole rings is 1. The van der Waals surface area contributed by atoms with Gasteiger partial charge in [-0.2, -0.15) is 4.98 Å². The number of piperidine rings is 1. The number of amides is 2. The van der Waals surface area contributed by atoms with Crippen LogP contribution in [0.4, 0.5) is 6.01 Å². The minimum Gasteiger partial charge on any atom is -0.459 e. The van der Waals surface area contributed by atoms with Crippen molar-refractivity contribution in [2.24, 2.45) is 0 Å². The Morgan fingerprint density at radius 1 is 1.19 bits per heavy atom. The number of aromatic nitrogens is 1. The highest BCUT2D eigenvalue weighted by Gasteiger charge is 2.22. The van der Waals surface area contributed by atoms with E-state index in [-0.39, 0.29) is 23.4 Å². The first-order valence-corrected chi connectivity index (χ1v) is 6.84. The van der Waals surface area contributed by atoms with Crippen LogP contribution in [0.15, 0.2) is 33.5 Å². The highest BCUT2D eigenvalue weighted by atomic mass is 16.4. The first-order valence-electron chi connectivity index (χ1n) is 6.84. The van der Waals surface area contributed by atoms with Gasteiger partial charge in [-0.3, -0.25) is 14.9 Å². The van der Waals surface area contributed by atoms with Gasteiger partial charge in [-0.05, 0) is 31.4 Å². The summed E-state index contributed by atoms with van der Waals surface area (Å²) in [6, 6.07) is 3.12. The average molecular weight is 289 g/mol. The highest BCUT2D eigenvalue weighted by molar-refractivity contribution is 6.01. The van der Waals surface area contributed by atoms with Gasteiger partial charge in [0.2, 0.25) is 0 Å². The van der Waals surface area contributed by atoms with Gasteiger partial charge in [0.05, 0.1) is 6.26 Å². The number of hydrogen-bond acceptors (Lipinski definition) is 5. The van der Waals surface area contributed by atoms with Crippen LogP contribution >= 0.6 is 0 Å². The lowest BCUT2D eigenvalue weighted by Crippen LogP contribution is -2.35. The van der Waals surface area contributed by atoms with Gasteiger partial charge in [0.25, 0.3) is 11.8 Å². The van der Waals surface area contributed by atoms with Gasteiger partial charge in [-0.25, -0.2) is 0 Å². The van der Waals surface area contributed by atoms with Gasteiger partial charge in [0.15, 0.2) is 11.5 Å². The number of anilines is 1. The number of nitrogens with one attached hydrogen (secondary N) is 1. The van der Waals surface area contributed by atoms with Crippen LogP contribution in [0.2, 0.25) is 0 Å². The number of furan rings is 1. The molecule has 110 valence electrons. The summed E-state index contributed by atoms with van der Waals surface area (Å²) in [6.45, 7) is 1.47. The molecule has 0 saturated carbocycles. The second-order valence-electron chi connectivity index (χ2n) is 4.82. The molecule has 0 atom stereocenters. The van der Waals surface area contributed by atoms with Crippen molar-refractivity contribution in [3.8, 4) is 0 Å². The molecule has 1 aliphatic rings. The van der Waals surface area contributed by atoms with E-state index < -0.39 is 5.91 Å². The second-order valence-corrected chi connectivity index (χ2v) is 4.82. The lowest BCUT2D eigenvalue weighted by Gasteiger charge is -2.25. The van der Waals surface area contributed by atoms with Crippen molar-refractivity contribution in [2.75, 3.05) is 18.4 Å². The van der Waals surface area contributed by atoms with Gasteiger partial charge >= 0.3 is 6.01 Å². The van der Waals surface area contributed by atoms with Crippen molar-refractivity contribution in [1.82, 2.24) is 9.88 Å². The summed E-state index contributed by atoms with van der Waals surface area (Å²) in [5.74, 6) is -0.493.